The van der Waals surface area contributed by atoms with Crippen molar-refractivity contribution in [2.75, 3.05) is 14.2 Å². The van der Waals surface area contributed by atoms with Crippen molar-refractivity contribution >= 4 is 18.5 Å². The van der Waals surface area contributed by atoms with Gasteiger partial charge in [0.1, 0.15) is 5.92 Å². The van der Waals surface area contributed by atoms with Crippen LogP contribution in [-0.4, -0.2) is 20.1 Å². The molecule has 1 aliphatic rings. The normalized spacial score (nSPS) is 20.7. The van der Waals surface area contributed by atoms with Crippen LogP contribution in [0.5, 0.6) is 11.5 Å². The number of benzene rings is 1. The molecule has 0 bridgehead atoms. The molecule has 0 radical (unpaired) electrons. The summed E-state index contributed by atoms with van der Waals surface area (Å²) in [4.78, 5) is 12.0. The monoisotopic (exact) mass is 315 g/mol. The number of methoxy groups -OCH3 is 2. The number of rotatable bonds is 3. The fraction of sp³-hybridized carbons (Fsp3) is 0.267. The largest absolute Gasteiger partial charge is 0.493 e. The summed E-state index contributed by atoms with van der Waals surface area (Å²) in [5.74, 6) is -1.21. The highest BCUT2D eigenvalue weighted by Gasteiger charge is 2.38. The van der Waals surface area contributed by atoms with Gasteiger partial charge in [0.15, 0.2) is 11.5 Å². The third-order valence-electron chi connectivity index (χ3n) is 3.45. The average molecular weight is 315 g/mol. The Labute approximate surface area is 133 Å². The van der Waals surface area contributed by atoms with Gasteiger partial charge in [-0.1, -0.05) is 6.07 Å². The quantitative estimate of drug-likeness (QED) is 0.828. The van der Waals surface area contributed by atoms with Crippen LogP contribution in [0, 0.1) is 28.6 Å². The van der Waals surface area contributed by atoms with Crippen LogP contribution >= 0.6 is 12.6 Å². The van der Waals surface area contributed by atoms with Crippen LogP contribution in [0.4, 0.5) is 0 Å². The lowest BCUT2D eigenvalue weighted by Gasteiger charge is -2.27. The molecule has 1 amide bonds. The number of hydrogen-bond donors (Lipinski definition) is 2. The second-order valence-corrected chi connectivity index (χ2v) is 5.01. The summed E-state index contributed by atoms with van der Waals surface area (Å²) in [5, 5.41) is 21.2. The summed E-state index contributed by atoms with van der Waals surface area (Å²) < 4.78 is 10.4. The van der Waals surface area contributed by atoms with E-state index in [2.05, 4.69) is 17.9 Å². The van der Waals surface area contributed by atoms with Gasteiger partial charge in [-0.15, -0.1) is 12.6 Å². The van der Waals surface area contributed by atoms with Gasteiger partial charge in [-0.2, -0.15) is 10.5 Å². The molecule has 2 atom stereocenters. The minimum Gasteiger partial charge on any atom is -0.493 e. The summed E-state index contributed by atoms with van der Waals surface area (Å²) in [6.07, 6.45) is 0. The van der Waals surface area contributed by atoms with Crippen molar-refractivity contribution in [3.63, 3.8) is 0 Å². The molecule has 0 spiro atoms. The zero-order chi connectivity index (χ0) is 16.3. The smallest absolute Gasteiger partial charge is 0.243 e. The number of ether oxygens (including phenoxy) is 2. The molecule has 0 aliphatic carbocycles. The van der Waals surface area contributed by atoms with Crippen LogP contribution in [0.2, 0.25) is 0 Å². The van der Waals surface area contributed by atoms with Crippen molar-refractivity contribution in [3.05, 3.63) is 34.4 Å². The molecular formula is C15H13N3O3S. The lowest BCUT2D eigenvalue weighted by Crippen LogP contribution is -2.38. The molecule has 0 fully saturated rings. The Morgan fingerprint density at radius 1 is 1.23 bits per heavy atom. The first-order valence-electron chi connectivity index (χ1n) is 6.33. The predicted octanol–water partition coefficient (Wildman–Crippen LogP) is 1.72. The first-order chi connectivity index (χ1) is 10.6. The summed E-state index contributed by atoms with van der Waals surface area (Å²) in [6.45, 7) is 0. The van der Waals surface area contributed by atoms with E-state index < -0.39 is 17.7 Å². The third-order valence-corrected chi connectivity index (χ3v) is 3.80. The van der Waals surface area contributed by atoms with Gasteiger partial charge >= 0.3 is 0 Å². The van der Waals surface area contributed by atoms with Crippen molar-refractivity contribution in [3.8, 4) is 23.6 Å². The lowest BCUT2D eigenvalue weighted by atomic mass is 9.79. The summed E-state index contributed by atoms with van der Waals surface area (Å²) in [5.41, 5.74) is 0.851. The van der Waals surface area contributed by atoms with Crippen molar-refractivity contribution in [2.45, 2.75) is 5.92 Å². The van der Waals surface area contributed by atoms with Crippen LogP contribution in [0.25, 0.3) is 0 Å². The number of hydrogen-bond acceptors (Lipinski definition) is 6. The molecule has 1 aliphatic heterocycles. The fourth-order valence-electron chi connectivity index (χ4n) is 2.39. The minimum atomic E-state index is -1.01. The Bertz CT molecular complexity index is 731. The molecule has 2 rings (SSSR count). The van der Waals surface area contributed by atoms with E-state index in [4.69, 9.17) is 9.47 Å². The molecule has 22 heavy (non-hydrogen) atoms. The van der Waals surface area contributed by atoms with Crippen molar-refractivity contribution in [2.24, 2.45) is 5.92 Å². The van der Waals surface area contributed by atoms with Gasteiger partial charge in [-0.3, -0.25) is 4.79 Å². The van der Waals surface area contributed by atoms with Gasteiger partial charge in [0.05, 0.1) is 37.0 Å². The first-order valence-corrected chi connectivity index (χ1v) is 6.77. The maximum absolute atomic E-state index is 12.0. The molecule has 1 N–H and O–H groups in total. The highest BCUT2D eigenvalue weighted by Crippen LogP contribution is 2.40. The molecule has 1 aromatic rings. The summed E-state index contributed by atoms with van der Waals surface area (Å²) in [6, 6.07) is 9.00. The number of allylic oxidation sites excluding steroid dienone is 1. The van der Waals surface area contributed by atoms with Crippen molar-refractivity contribution in [1.29, 1.82) is 10.5 Å². The van der Waals surface area contributed by atoms with E-state index in [-0.39, 0.29) is 10.6 Å². The fourth-order valence-corrected chi connectivity index (χ4v) is 2.69. The molecule has 1 aromatic carbocycles. The molecular weight excluding hydrogens is 302 g/mol. The third kappa shape index (κ3) is 2.59. The highest BCUT2D eigenvalue weighted by atomic mass is 32.1. The van der Waals surface area contributed by atoms with Crippen LogP contribution in [-0.2, 0) is 4.79 Å². The van der Waals surface area contributed by atoms with Crippen LogP contribution in [0.15, 0.2) is 28.8 Å². The number of nitrogens with zero attached hydrogens (tertiary/aromatic N) is 2. The number of nitrogens with one attached hydrogen (secondary N) is 1. The average Bonchev–Trinajstić information content (AvgIpc) is 2.53. The molecule has 6 nitrogen and oxygen atoms in total. The Hall–Kier alpha value is -2.64. The Morgan fingerprint density at radius 3 is 2.45 bits per heavy atom. The van der Waals surface area contributed by atoms with E-state index in [1.54, 1.807) is 18.2 Å². The minimum absolute atomic E-state index is 0.166. The molecule has 0 aromatic heterocycles. The topological polar surface area (TPSA) is 95.1 Å². The zero-order valence-corrected chi connectivity index (χ0v) is 12.8. The molecule has 0 saturated carbocycles. The molecule has 0 saturated heterocycles. The van der Waals surface area contributed by atoms with E-state index in [0.29, 0.717) is 17.1 Å². The summed E-state index contributed by atoms with van der Waals surface area (Å²) in [7, 11) is 3.00. The van der Waals surface area contributed by atoms with Crippen LogP contribution in [0.1, 0.15) is 11.5 Å². The zero-order valence-electron chi connectivity index (χ0n) is 12.0. The van der Waals surface area contributed by atoms with Gasteiger partial charge < -0.3 is 14.8 Å². The first kappa shape index (κ1) is 15.7. The predicted molar refractivity (Wildman–Crippen MR) is 81.2 cm³/mol. The maximum Gasteiger partial charge on any atom is 0.243 e. The van der Waals surface area contributed by atoms with Gasteiger partial charge in [0.25, 0.3) is 0 Å². The number of nitriles is 2. The van der Waals surface area contributed by atoms with E-state index in [9.17, 15) is 15.3 Å². The van der Waals surface area contributed by atoms with Crippen LogP contribution < -0.4 is 14.8 Å². The van der Waals surface area contributed by atoms with Crippen LogP contribution in [0.3, 0.4) is 0 Å². The second kappa shape index (κ2) is 6.42. The second-order valence-electron chi connectivity index (χ2n) is 4.56. The van der Waals surface area contributed by atoms with E-state index >= 15 is 0 Å². The maximum atomic E-state index is 12.0. The number of carbonyl (C=O) groups is 1. The molecule has 112 valence electrons. The van der Waals surface area contributed by atoms with Crippen molar-refractivity contribution < 1.29 is 14.3 Å². The van der Waals surface area contributed by atoms with Crippen molar-refractivity contribution in [1.82, 2.24) is 5.32 Å². The molecule has 7 heteroatoms. The van der Waals surface area contributed by atoms with E-state index in [1.807, 2.05) is 12.1 Å². The van der Waals surface area contributed by atoms with E-state index in [1.165, 1.54) is 14.2 Å². The molecule has 0 unspecified atom stereocenters. The number of thiol groups is 1. The van der Waals surface area contributed by atoms with Gasteiger partial charge in [0.2, 0.25) is 5.91 Å². The SMILES string of the molecule is COc1ccc([C@H]2C(C#N)=C(S)NC(=O)[C@@H]2C#N)cc1OC. The number of amides is 1. The summed E-state index contributed by atoms with van der Waals surface area (Å²) >= 11 is 4.13. The van der Waals surface area contributed by atoms with Gasteiger partial charge in [0, 0.05) is 5.92 Å². The van der Waals surface area contributed by atoms with Gasteiger partial charge in [-0.05, 0) is 17.7 Å². The number of carbonyl (C=O) groups excluding carboxylic acids is 1. The molecule has 1 heterocycles. The van der Waals surface area contributed by atoms with Gasteiger partial charge in [-0.25, -0.2) is 0 Å². The van der Waals surface area contributed by atoms with E-state index in [0.717, 1.165) is 0 Å². The Morgan fingerprint density at radius 2 is 1.91 bits per heavy atom. The highest BCUT2D eigenvalue weighted by molar-refractivity contribution is 7.84. The lowest BCUT2D eigenvalue weighted by molar-refractivity contribution is -0.123. The Kier molecular flexibility index (Phi) is 4.59. The standard InChI is InChI=1S/C15H13N3O3S/c1-20-11-4-3-8(5-12(11)21-2)13-9(6-16)14(19)18-15(22)10(13)7-17/h3-5,9,13,22H,1-2H3,(H,18,19)/t9-,13-/m1/s1. The Balaban J connectivity index is 2.61.